The zero-order valence-corrected chi connectivity index (χ0v) is 6.09. The molecule has 4 nitrogen and oxygen atoms in total. The van der Waals surface area contributed by atoms with E-state index in [0.29, 0.717) is 11.6 Å². The van der Waals surface area contributed by atoms with Gasteiger partial charge in [0, 0.05) is 0 Å². The molecule has 1 rings (SSSR count). The molecule has 1 unspecified atom stereocenters. The molecule has 56 valence electrons. The van der Waals surface area contributed by atoms with Crippen LogP contribution < -0.4 is 0 Å². The number of hydrogen-bond donors (Lipinski definition) is 0. The zero-order valence-electron chi connectivity index (χ0n) is 5.33. The van der Waals surface area contributed by atoms with Crippen molar-refractivity contribution in [2.75, 3.05) is 7.11 Å². The number of carbonyl (C=O) groups excluding carboxylic acids is 1. The number of hydrogen-bond acceptors (Lipinski definition) is 4. The van der Waals surface area contributed by atoms with Gasteiger partial charge in [0.1, 0.15) is 5.17 Å². The van der Waals surface area contributed by atoms with Crippen molar-refractivity contribution in [3.05, 3.63) is 0 Å². The van der Waals surface area contributed by atoms with E-state index >= 15 is 0 Å². The number of oxime groups is 1. The summed E-state index contributed by atoms with van der Waals surface area (Å²) in [7, 11) is 1.29. The summed E-state index contributed by atoms with van der Waals surface area (Å²) in [5.74, 6) is -0.445. The first-order chi connectivity index (χ1) is 4.74. The van der Waals surface area contributed by atoms with Gasteiger partial charge in [0.2, 0.25) is 6.10 Å². The molecule has 0 spiro atoms. The Morgan fingerprint density at radius 1 is 2.00 bits per heavy atom. The second-order valence-electron chi connectivity index (χ2n) is 1.79. The van der Waals surface area contributed by atoms with Crippen molar-refractivity contribution in [1.29, 1.82) is 0 Å². The van der Waals surface area contributed by atoms with Crippen LogP contribution in [0.15, 0.2) is 5.16 Å². The molecule has 0 saturated heterocycles. The largest absolute Gasteiger partial charge is 0.466 e. The Bertz CT molecular complexity index is 180. The van der Waals surface area contributed by atoms with Gasteiger partial charge < -0.3 is 9.57 Å². The summed E-state index contributed by atoms with van der Waals surface area (Å²) < 4.78 is 4.39. The van der Waals surface area contributed by atoms with Gasteiger partial charge >= 0.3 is 5.97 Å². The van der Waals surface area contributed by atoms with E-state index in [1.165, 1.54) is 7.11 Å². The van der Waals surface area contributed by atoms with Crippen molar-refractivity contribution in [3.63, 3.8) is 0 Å². The fraction of sp³-hybridized carbons (Fsp3) is 0.600. The summed E-state index contributed by atoms with van der Waals surface area (Å²) in [6, 6.07) is 0. The minimum atomic E-state index is -0.641. The standard InChI is InChI=1S/C5H6ClNO3/c1-9-5(8)3-2-4(6)7-10-3/h3H,2H2,1H3. The molecule has 0 bridgehead atoms. The van der Waals surface area contributed by atoms with E-state index in [-0.39, 0.29) is 0 Å². The third-order valence-corrected chi connectivity index (χ3v) is 1.32. The van der Waals surface area contributed by atoms with Crippen LogP contribution in [0.5, 0.6) is 0 Å². The van der Waals surface area contributed by atoms with Crippen molar-refractivity contribution in [1.82, 2.24) is 0 Å². The third-order valence-electron chi connectivity index (χ3n) is 1.10. The van der Waals surface area contributed by atoms with Gasteiger partial charge in [-0.05, 0) is 0 Å². The fourth-order valence-corrected chi connectivity index (χ4v) is 0.786. The van der Waals surface area contributed by atoms with Crippen LogP contribution in [0.4, 0.5) is 0 Å². The molecule has 0 radical (unpaired) electrons. The summed E-state index contributed by atoms with van der Waals surface area (Å²) in [4.78, 5) is 15.3. The lowest BCUT2D eigenvalue weighted by Crippen LogP contribution is -2.21. The highest BCUT2D eigenvalue weighted by Crippen LogP contribution is 2.13. The quantitative estimate of drug-likeness (QED) is 0.529. The second-order valence-corrected chi connectivity index (χ2v) is 2.23. The first kappa shape index (κ1) is 7.34. The molecule has 0 amide bonds. The lowest BCUT2D eigenvalue weighted by Gasteiger charge is -2.02. The fourth-order valence-electron chi connectivity index (χ4n) is 0.606. The van der Waals surface area contributed by atoms with E-state index in [2.05, 4.69) is 14.7 Å². The summed E-state index contributed by atoms with van der Waals surface area (Å²) >= 11 is 5.43. The Labute approximate surface area is 62.7 Å². The highest BCUT2D eigenvalue weighted by Gasteiger charge is 2.27. The van der Waals surface area contributed by atoms with Gasteiger partial charge in [-0.25, -0.2) is 4.79 Å². The van der Waals surface area contributed by atoms with Crippen LogP contribution in [0.3, 0.4) is 0 Å². The Morgan fingerprint density at radius 3 is 3.10 bits per heavy atom. The number of rotatable bonds is 1. The molecule has 1 atom stereocenters. The van der Waals surface area contributed by atoms with Crippen LogP contribution in [-0.4, -0.2) is 24.4 Å². The average Bonchev–Trinajstić information content (AvgIpc) is 2.34. The molecule has 0 saturated carbocycles. The van der Waals surface area contributed by atoms with E-state index < -0.39 is 12.1 Å². The topological polar surface area (TPSA) is 47.9 Å². The van der Waals surface area contributed by atoms with Gasteiger partial charge in [-0.3, -0.25) is 0 Å². The molecule has 0 aromatic rings. The monoisotopic (exact) mass is 163 g/mol. The molecule has 0 aromatic heterocycles. The maximum Gasteiger partial charge on any atom is 0.350 e. The minimum absolute atomic E-state index is 0.301. The smallest absolute Gasteiger partial charge is 0.350 e. The highest BCUT2D eigenvalue weighted by molar-refractivity contribution is 6.65. The van der Waals surface area contributed by atoms with E-state index in [4.69, 9.17) is 11.6 Å². The number of methoxy groups -OCH3 is 1. The zero-order chi connectivity index (χ0) is 7.56. The van der Waals surface area contributed by atoms with Crippen LogP contribution >= 0.6 is 11.6 Å². The second kappa shape index (κ2) is 2.88. The first-order valence-corrected chi connectivity index (χ1v) is 3.08. The van der Waals surface area contributed by atoms with Gasteiger partial charge in [-0.1, -0.05) is 16.8 Å². The number of nitrogens with zero attached hydrogens (tertiary/aromatic N) is 1. The van der Waals surface area contributed by atoms with Crippen molar-refractivity contribution >= 4 is 22.7 Å². The molecule has 1 aliphatic rings. The molecule has 10 heavy (non-hydrogen) atoms. The van der Waals surface area contributed by atoms with Crippen LogP contribution in [0.25, 0.3) is 0 Å². The Kier molecular flexibility index (Phi) is 2.11. The summed E-state index contributed by atoms with van der Waals surface area (Å²) in [5, 5.41) is 3.67. The van der Waals surface area contributed by atoms with Gasteiger partial charge in [0.15, 0.2) is 0 Å². The van der Waals surface area contributed by atoms with Crippen molar-refractivity contribution in [2.45, 2.75) is 12.5 Å². The maximum atomic E-state index is 10.7. The molecular weight excluding hydrogens is 158 g/mol. The van der Waals surface area contributed by atoms with Gasteiger partial charge in [0.25, 0.3) is 0 Å². The van der Waals surface area contributed by atoms with E-state index in [0.717, 1.165) is 0 Å². The number of esters is 1. The van der Waals surface area contributed by atoms with Crippen molar-refractivity contribution in [3.8, 4) is 0 Å². The molecular formula is C5H6ClNO3. The third kappa shape index (κ3) is 1.39. The molecule has 0 aromatic carbocycles. The number of halogens is 1. The summed E-state index contributed by atoms with van der Waals surface area (Å²) in [5.41, 5.74) is 0. The van der Waals surface area contributed by atoms with Gasteiger partial charge in [0.05, 0.1) is 13.5 Å². The van der Waals surface area contributed by atoms with Crippen LogP contribution in [-0.2, 0) is 14.4 Å². The van der Waals surface area contributed by atoms with E-state index in [1.807, 2.05) is 0 Å². The molecule has 1 heterocycles. The Balaban J connectivity index is 2.42. The van der Waals surface area contributed by atoms with Gasteiger partial charge in [-0.2, -0.15) is 0 Å². The lowest BCUT2D eigenvalue weighted by atomic mass is 10.3. The highest BCUT2D eigenvalue weighted by atomic mass is 35.5. The Hall–Kier alpha value is -0.770. The molecule has 0 aliphatic carbocycles. The number of ether oxygens (including phenoxy) is 1. The van der Waals surface area contributed by atoms with Gasteiger partial charge in [-0.15, -0.1) is 0 Å². The normalized spacial score (nSPS) is 23.4. The Morgan fingerprint density at radius 2 is 2.70 bits per heavy atom. The molecule has 0 N–H and O–H groups in total. The summed E-state index contributed by atoms with van der Waals surface area (Å²) in [6.45, 7) is 0. The van der Waals surface area contributed by atoms with Crippen LogP contribution in [0.2, 0.25) is 0 Å². The lowest BCUT2D eigenvalue weighted by molar-refractivity contribution is -0.152. The number of carbonyl (C=O) groups is 1. The first-order valence-electron chi connectivity index (χ1n) is 2.70. The maximum absolute atomic E-state index is 10.7. The summed E-state index contributed by atoms with van der Waals surface area (Å²) in [6.07, 6.45) is -0.327. The molecule has 5 heteroatoms. The SMILES string of the molecule is COC(=O)C1CC(Cl)=NO1. The molecule has 0 fully saturated rings. The van der Waals surface area contributed by atoms with E-state index in [1.54, 1.807) is 0 Å². The minimum Gasteiger partial charge on any atom is -0.466 e. The van der Waals surface area contributed by atoms with Crippen molar-refractivity contribution in [2.24, 2.45) is 5.16 Å². The predicted octanol–water partition coefficient (Wildman–Crippen LogP) is 0.501. The van der Waals surface area contributed by atoms with Crippen molar-refractivity contribution < 1.29 is 14.4 Å². The van der Waals surface area contributed by atoms with Crippen LogP contribution in [0, 0.1) is 0 Å². The predicted molar refractivity (Wildman–Crippen MR) is 34.8 cm³/mol. The average molecular weight is 164 g/mol. The van der Waals surface area contributed by atoms with Crippen LogP contribution in [0.1, 0.15) is 6.42 Å². The van der Waals surface area contributed by atoms with E-state index in [9.17, 15) is 4.79 Å². The molecule has 1 aliphatic heterocycles.